The van der Waals surface area contributed by atoms with Crippen LogP contribution in [0.15, 0.2) is 42.8 Å². The maximum Gasteiger partial charge on any atom is 0.0472 e. The molecule has 1 aromatic carbocycles. The van der Waals surface area contributed by atoms with E-state index in [1.807, 2.05) is 0 Å². The Morgan fingerprint density at radius 2 is 0.761 bits per heavy atom. The maximum absolute atomic E-state index is 2.43. The SMILES string of the molecule is CCCCCCCCCCCCCCCC/C=C/N(/C=C/CCCCCCCCCCCCCCCC)Cc1cccc(C)c1C. The summed E-state index contributed by atoms with van der Waals surface area (Å²) in [5.41, 5.74) is 4.28. The van der Waals surface area contributed by atoms with E-state index < -0.39 is 0 Å². The van der Waals surface area contributed by atoms with Crippen molar-refractivity contribution < 1.29 is 0 Å². The lowest BCUT2D eigenvalue weighted by atomic mass is 10.0. The van der Waals surface area contributed by atoms with Crippen LogP contribution in [0, 0.1) is 13.8 Å². The minimum Gasteiger partial charge on any atom is -0.351 e. The minimum atomic E-state index is 0.970. The zero-order valence-corrected chi connectivity index (χ0v) is 31.9. The number of aryl methyl sites for hydroxylation is 1. The normalized spacial score (nSPS) is 11.8. The molecule has 1 rings (SSSR count). The molecule has 0 N–H and O–H groups in total. The molecule has 0 saturated heterocycles. The summed E-state index contributed by atoms with van der Waals surface area (Å²) in [5, 5.41) is 0. The monoisotopic (exact) mass is 636 g/mol. The first-order valence-electron chi connectivity index (χ1n) is 20.8. The van der Waals surface area contributed by atoms with E-state index in [1.54, 1.807) is 0 Å². The number of allylic oxidation sites excluding steroid dienone is 2. The van der Waals surface area contributed by atoms with Crippen LogP contribution in [0.1, 0.15) is 223 Å². The van der Waals surface area contributed by atoms with Crippen molar-refractivity contribution in [3.8, 4) is 0 Å². The summed E-state index contributed by atoms with van der Waals surface area (Å²) in [6.45, 7) is 10.1. The molecule has 0 amide bonds. The van der Waals surface area contributed by atoms with Gasteiger partial charge in [0.2, 0.25) is 0 Å². The Bertz CT molecular complexity index is 778. The zero-order valence-electron chi connectivity index (χ0n) is 31.9. The smallest absolute Gasteiger partial charge is 0.0472 e. The van der Waals surface area contributed by atoms with Crippen molar-refractivity contribution in [2.24, 2.45) is 0 Å². The van der Waals surface area contributed by atoms with Crippen LogP contribution >= 0.6 is 0 Å². The second-order valence-corrected chi connectivity index (χ2v) is 14.6. The second kappa shape index (κ2) is 33.4. The molecule has 1 heteroatoms. The quantitative estimate of drug-likeness (QED) is 0.0681. The molecule has 0 unspecified atom stereocenters. The van der Waals surface area contributed by atoms with Crippen LogP contribution in [0.2, 0.25) is 0 Å². The molecule has 0 aromatic heterocycles. The van der Waals surface area contributed by atoms with E-state index >= 15 is 0 Å². The van der Waals surface area contributed by atoms with Gasteiger partial charge >= 0.3 is 0 Å². The lowest BCUT2D eigenvalue weighted by Gasteiger charge is -2.18. The van der Waals surface area contributed by atoms with Gasteiger partial charge in [0.25, 0.3) is 0 Å². The van der Waals surface area contributed by atoms with Crippen molar-refractivity contribution in [1.29, 1.82) is 0 Å². The molecule has 0 fully saturated rings. The van der Waals surface area contributed by atoms with Crippen molar-refractivity contribution in [1.82, 2.24) is 4.90 Å². The van der Waals surface area contributed by atoms with Crippen LogP contribution in [-0.4, -0.2) is 4.90 Å². The molecule has 1 nitrogen and oxygen atoms in total. The van der Waals surface area contributed by atoms with Gasteiger partial charge in [-0.1, -0.05) is 211 Å². The van der Waals surface area contributed by atoms with Crippen LogP contribution in [0.4, 0.5) is 0 Å². The molecule has 0 saturated carbocycles. The average Bonchev–Trinajstić information content (AvgIpc) is 3.06. The van der Waals surface area contributed by atoms with Gasteiger partial charge in [0.05, 0.1) is 0 Å². The van der Waals surface area contributed by atoms with Gasteiger partial charge in [-0.25, -0.2) is 0 Å². The molecule has 0 bridgehead atoms. The number of benzene rings is 1. The molecule has 0 atom stereocenters. The van der Waals surface area contributed by atoms with Gasteiger partial charge in [0, 0.05) is 6.54 Å². The van der Waals surface area contributed by atoms with Crippen molar-refractivity contribution in [2.75, 3.05) is 0 Å². The fraction of sp³-hybridized carbons (Fsp3) is 0.778. The van der Waals surface area contributed by atoms with Crippen LogP contribution in [-0.2, 0) is 6.54 Å². The van der Waals surface area contributed by atoms with E-state index in [0.717, 1.165) is 6.54 Å². The van der Waals surface area contributed by atoms with Crippen molar-refractivity contribution in [3.05, 3.63) is 59.4 Å². The molecular formula is C45H81N. The first-order chi connectivity index (χ1) is 22.7. The maximum atomic E-state index is 2.43. The van der Waals surface area contributed by atoms with Gasteiger partial charge in [-0.15, -0.1) is 0 Å². The van der Waals surface area contributed by atoms with Gasteiger partial charge < -0.3 is 4.90 Å². The van der Waals surface area contributed by atoms with E-state index in [9.17, 15) is 0 Å². The summed E-state index contributed by atoms with van der Waals surface area (Å²) in [6, 6.07) is 6.75. The number of unbranched alkanes of at least 4 members (excludes halogenated alkanes) is 28. The van der Waals surface area contributed by atoms with E-state index in [0.29, 0.717) is 0 Å². The van der Waals surface area contributed by atoms with Gasteiger partial charge in [0.15, 0.2) is 0 Å². The fourth-order valence-corrected chi connectivity index (χ4v) is 6.67. The standard InChI is InChI=1S/C45H81N/c1-5-7-9-11-13-15-17-19-21-23-25-27-29-31-33-35-40-46(42-45-39-37-38-43(3)44(45)4)41-36-34-32-30-28-26-24-22-20-18-16-14-12-10-8-6-2/h35-41H,5-34,42H2,1-4H3/b40-35+,41-36+. The van der Waals surface area contributed by atoms with E-state index in [2.05, 4.69) is 75.3 Å². The number of hydrogen-bond donors (Lipinski definition) is 0. The molecule has 0 spiro atoms. The minimum absolute atomic E-state index is 0.970. The zero-order chi connectivity index (χ0) is 33.2. The Kier molecular flexibility index (Phi) is 30.9. The summed E-state index contributed by atoms with van der Waals surface area (Å²) < 4.78 is 0. The van der Waals surface area contributed by atoms with Gasteiger partial charge in [-0.2, -0.15) is 0 Å². The fourth-order valence-electron chi connectivity index (χ4n) is 6.67. The van der Waals surface area contributed by atoms with Crippen LogP contribution in [0.5, 0.6) is 0 Å². The third-order valence-electron chi connectivity index (χ3n) is 10.1. The third-order valence-corrected chi connectivity index (χ3v) is 10.1. The van der Waals surface area contributed by atoms with Crippen LogP contribution < -0.4 is 0 Å². The first-order valence-corrected chi connectivity index (χ1v) is 20.8. The molecule has 0 aliphatic carbocycles. The first kappa shape index (κ1) is 42.5. The Balaban J connectivity index is 2.18. The average molecular weight is 636 g/mol. The van der Waals surface area contributed by atoms with Gasteiger partial charge in [0.1, 0.15) is 0 Å². The lowest BCUT2D eigenvalue weighted by Crippen LogP contribution is -2.10. The highest BCUT2D eigenvalue weighted by Crippen LogP contribution is 2.18. The largest absolute Gasteiger partial charge is 0.351 e. The molecule has 1 aromatic rings. The number of nitrogens with zero attached hydrogens (tertiary/aromatic N) is 1. The molecule has 0 heterocycles. The molecule has 0 radical (unpaired) electrons. The molecule has 0 aliphatic heterocycles. The summed E-state index contributed by atoms with van der Waals surface area (Å²) in [4.78, 5) is 2.43. The summed E-state index contributed by atoms with van der Waals surface area (Å²) in [6.07, 6.45) is 51.9. The summed E-state index contributed by atoms with van der Waals surface area (Å²) >= 11 is 0. The van der Waals surface area contributed by atoms with Crippen molar-refractivity contribution in [2.45, 2.75) is 227 Å². The predicted octanol–water partition coefficient (Wildman–Crippen LogP) is 15.9. The summed E-state index contributed by atoms with van der Waals surface area (Å²) in [5.74, 6) is 0. The van der Waals surface area contributed by atoms with Crippen molar-refractivity contribution in [3.63, 3.8) is 0 Å². The van der Waals surface area contributed by atoms with E-state index in [4.69, 9.17) is 0 Å². The van der Waals surface area contributed by atoms with Crippen LogP contribution in [0.3, 0.4) is 0 Å². The number of hydrogen-bond acceptors (Lipinski definition) is 1. The highest BCUT2D eigenvalue weighted by atomic mass is 15.1. The molecule has 0 aliphatic rings. The third kappa shape index (κ3) is 26.6. The highest BCUT2D eigenvalue weighted by molar-refractivity contribution is 5.33. The van der Waals surface area contributed by atoms with Gasteiger partial charge in [-0.05, 0) is 68.6 Å². The lowest BCUT2D eigenvalue weighted by molar-refractivity contribution is 0.493. The van der Waals surface area contributed by atoms with Crippen LogP contribution in [0.25, 0.3) is 0 Å². The Hall–Kier alpha value is -1.50. The van der Waals surface area contributed by atoms with Crippen molar-refractivity contribution >= 4 is 0 Å². The Morgan fingerprint density at radius 1 is 0.435 bits per heavy atom. The molecule has 46 heavy (non-hydrogen) atoms. The number of rotatable bonds is 34. The molecular weight excluding hydrogens is 555 g/mol. The van der Waals surface area contributed by atoms with E-state index in [-0.39, 0.29) is 0 Å². The molecule has 266 valence electrons. The Morgan fingerprint density at radius 3 is 1.11 bits per heavy atom. The van der Waals surface area contributed by atoms with Gasteiger partial charge in [-0.3, -0.25) is 0 Å². The predicted molar refractivity (Wildman–Crippen MR) is 210 cm³/mol. The Labute approximate surface area is 290 Å². The second-order valence-electron chi connectivity index (χ2n) is 14.6. The topological polar surface area (TPSA) is 3.24 Å². The van der Waals surface area contributed by atoms with E-state index in [1.165, 1.54) is 209 Å². The highest BCUT2D eigenvalue weighted by Gasteiger charge is 2.04. The summed E-state index contributed by atoms with van der Waals surface area (Å²) in [7, 11) is 0.